The van der Waals surface area contributed by atoms with Crippen molar-refractivity contribution in [2.24, 2.45) is 0 Å². The zero-order chi connectivity index (χ0) is 19.5. The maximum absolute atomic E-state index is 15.2. The number of H-pyrrole nitrogens is 2. The van der Waals surface area contributed by atoms with Gasteiger partial charge in [-0.1, -0.05) is 24.3 Å². The maximum atomic E-state index is 15.2. The van der Waals surface area contributed by atoms with E-state index in [-0.39, 0.29) is 28.1 Å². The predicted molar refractivity (Wildman–Crippen MR) is 92.6 cm³/mol. The molecule has 3 N–H and O–H groups in total. The Morgan fingerprint density at radius 3 is 2.25 bits per heavy atom. The van der Waals surface area contributed by atoms with E-state index >= 15 is 8.78 Å². The summed E-state index contributed by atoms with van der Waals surface area (Å²) in [7, 11) is 0. The zero-order valence-corrected chi connectivity index (χ0v) is 13.9. The summed E-state index contributed by atoms with van der Waals surface area (Å²) in [5.41, 5.74) is 1.35. The summed E-state index contributed by atoms with van der Waals surface area (Å²) in [5.74, 6) is -4.55. The van der Waals surface area contributed by atoms with Gasteiger partial charge in [0.15, 0.2) is 5.69 Å². The van der Waals surface area contributed by atoms with Gasteiger partial charge < -0.3 is 5.11 Å². The number of aromatic nitrogens is 6. The number of carboxylic acids is 1. The molecule has 0 radical (unpaired) electrons. The van der Waals surface area contributed by atoms with Crippen molar-refractivity contribution in [2.75, 3.05) is 0 Å². The molecule has 0 saturated heterocycles. The van der Waals surface area contributed by atoms with Gasteiger partial charge in [0.1, 0.15) is 11.4 Å². The highest BCUT2D eigenvalue weighted by Crippen LogP contribution is 2.52. The Morgan fingerprint density at radius 1 is 0.929 bits per heavy atom. The molecule has 2 aromatic heterocycles. The third kappa shape index (κ3) is 2.17. The third-order valence-corrected chi connectivity index (χ3v) is 4.74. The zero-order valence-electron chi connectivity index (χ0n) is 13.9. The van der Waals surface area contributed by atoms with Crippen LogP contribution in [0.5, 0.6) is 0 Å². The van der Waals surface area contributed by atoms with Crippen LogP contribution in [0.2, 0.25) is 0 Å². The second-order valence-corrected chi connectivity index (χ2v) is 6.28. The molecule has 0 bridgehead atoms. The molecule has 1 aliphatic rings. The van der Waals surface area contributed by atoms with Gasteiger partial charge in [-0.05, 0) is 23.3 Å². The van der Waals surface area contributed by atoms with Gasteiger partial charge >= 0.3 is 5.97 Å². The largest absolute Gasteiger partial charge is 0.476 e. The summed E-state index contributed by atoms with van der Waals surface area (Å²) in [6, 6.07) is 9.08. The van der Waals surface area contributed by atoms with Crippen molar-refractivity contribution in [1.82, 2.24) is 30.8 Å². The molecule has 5 rings (SSSR count). The average Bonchev–Trinajstić information content (AvgIpc) is 3.41. The Labute approximate surface area is 155 Å². The molecular formula is C18H10F2N6O2. The molecule has 4 aromatic rings. The van der Waals surface area contributed by atoms with Gasteiger partial charge in [0, 0.05) is 22.3 Å². The molecule has 138 valence electrons. The first-order valence-electron chi connectivity index (χ1n) is 8.14. The lowest BCUT2D eigenvalue weighted by Crippen LogP contribution is -2.11. The number of hydrogen-bond donors (Lipinski definition) is 3. The summed E-state index contributed by atoms with van der Waals surface area (Å²) in [5, 5.41) is 28.9. The molecule has 1 aliphatic carbocycles. The van der Waals surface area contributed by atoms with Crippen molar-refractivity contribution in [1.29, 1.82) is 0 Å². The predicted octanol–water partition coefficient (Wildman–Crippen LogP) is 3.08. The summed E-state index contributed by atoms with van der Waals surface area (Å²) < 4.78 is 30.5. The molecule has 0 aliphatic heterocycles. The van der Waals surface area contributed by atoms with E-state index in [0.717, 1.165) is 0 Å². The Morgan fingerprint density at radius 2 is 1.61 bits per heavy atom. The molecule has 8 nitrogen and oxygen atoms in total. The van der Waals surface area contributed by atoms with Crippen LogP contribution in [0.1, 0.15) is 21.6 Å². The number of alkyl halides is 2. The van der Waals surface area contributed by atoms with Crippen molar-refractivity contribution in [3.8, 4) is 33.6 Å². The van der Waals surface area contributed by atoms with Crippen LogP contribution < -0.4 is 0 Å². The Balaban J connectivity index is 1.66. The van der Waals surface area contributed by atoms with Crippen molar-refractivity contribution >= 4 is 5.97 Å². The van der Waals surface area contributed by atoms with Gasteiger partial charge in [0.05, 0.1) is 6.20 Å². The molecule has 0 saturated carbocycles. The number of hydrogen-bond acceptors (Lipinski definition) is 5. The van der Waals surface area contributed by atoms with Crippen molar-refractivity contribution in [3.63, 3.8) is 0 Å². The fraction of sp³-hybridized carbons (Fsp3) is 0.0556. The van der Waals surface area contributed by atoms with E-state index in [4.69, 9.17) is 0 Å². The van der Waals surface area contributed by atoms with Crippen LogP contribution in [0.15, 0.2) is 42.6 Å². The van der Waals surface area contributed by atoms with Gasteiger partial charge in [-0.15, -0.1) is 5.10 Å². The van der Waals surface area contributed by atoms with E-state index in [1.807, 2.05) is 0 Å². The first-order valence-corrected chi connectivity index (χ1v) is 8.14. The summed E-state index contributed by atoms with van der Waals surface area (Å²) in [4.78, 5) is 11.3. The molecule has 0 unspecified atom stereocenters. The second kappa shape index (κ2) is 5.52. The van der Waals surface area contributed by atoms with E-state index < -0.39 is 11.9 Å². The maximum Gasteiger partial charge on any atom is 0.358 e. The molecule has 28 heavy (non-hydrogen) atoms. The minimum Gasteiger partial charge on any atom is -0.476 e. The summed E-state index contributed by atoms with van der Waals surface area (Å²) in [6.45, 7) is 0. The number of nitrogens with one attached hydrogen (secondary N) is 2. The monoisotopic (exact) mass is 380 g/mol. The smallest absolute Gasteiger partial charge is 0.358 e. The standard InChI is InChI=1S/C18H10F2N6O2/c19-18(20)12-5-8(14-7-21-25-22-14)1-3-10(12)11-4-2-9(6-13(11)18)15-16(17(27)28)24-26-23-15/h1-7H,(H,27,28)(H,21,22,25)(H,23,24,26). The van der Waals surface area contributed by atoms with Crippen LogP contribution in [-0.2, 0) is 5.92 Å². The minimum atomic E-state index is -3.26. The molecule has 0 atom stereocenters. The number of carboxylic acid groups (broad SMARTS) is 1. The Kier molecular flexibility index (Phi) is 3.20. The SMILES string of the molecule is O=C(O)c1n[nH]nc1-c1ccc2c(c1)C(F)(F)c1cc(-c3cn[nH]n3)ccc1-2. The lowest BCUT2D eigenvalue weighted by Gasteiger charge is -2.13. The van der Waals surface area contributed by atoms with Crippen molar-refractivity contribution in [3.05, 3.63) is 59.4 Å². The van der Waals surface area contributed by atoms with Gasteiger partial charge in [0.2, 0.25) is 0 Å². The lowest BCUT2D eigenvalue weighted by atomic mass is 10.0. The number of halogens is 2. The van der Waals surface area contributed by atoms with Crippen LogP contribution in [0.4, 0.5) is 8.78 Å². The number of fused-ring (bicyclic) bond motifs is 3. The highest BCUT2D eigenvalue weighted by Gasteiger charge is 2.45. The molecule has 0 spiro atoms. The van der Waals surface area contributed by atoms with Gasteiger partial charge in [0.25, 0.3) is 5.92 Å². The third-order valence-electron chi connectivity index (χ3n) is 4.74. The van der Waals surface area contributed by atoms with E-state index in [0.29, 0.717) is 22.4 Å². The Bertz CT molecular complexity index is 1230. The summed E-state index contributed by atoms with van der Waals surface area (Å²) in [6.07, 6.45) is 1.46. The van der Waals surface area contributed by atoms with E-state index in [1.54, 1.807) is 24.3 Å². The lowest BCUT2D eigenvalue weighted by molar-refractivity contribution is 0.0481. The minimum absolute atomic E-state index is 0.00495. The molecule has 10 heteroatoms. The van der Waals surface area contributed by atoms with Crippen LogP contribution in [0.3, 0.4) is 0 Å². The highest BCUT2D eigenvalue weighted by molar-refractivity contribution is 5.93. The topological polar surface area (TPSA) is 120 Å². The number of benzene rings is 2. The van der Waals surface area contributed by atoms with E-state index in [2.05, 4.69) is 30.8 Å². The number of aromatic amines is 2. The van der Waals surface area contributed by atoms with Gasteiger partial charge in [-0.2, -0.15) is 34.5 Å². The molecular weight excluding hydrogens is 370 g/mol. The number of aromatic carboxylic acids is 1. The van der Waals surface area contributed by atoms with E-state index in [1.165, 1.54) is 18.3 Å². The Hall–Kier alpha value is -3.95. The molecule has 0 amide bonds. The number of rotatable bonds is 3. The average molecular weight is 380 g/mol. The van der Waals surface area contributed by atoms with Crippen LogP contribution >= 0.6 is 0 Å². The number of carbonyl (C=O) groups is 1. The first-order chi connectivity index (χ1) is 13.5. The second-order valence-electron chi connectivity index (χ2n) is 6.28. The van der Waals surface area contributed by atoms with Gasteiger partial charge in [-0.3, -0.25) is 0 Å². The quantitative estimate of drug-likeness (QED) is 0.502. The summed E-state index contributed by atoms with van der Waals surface area (Å²) >= 11 is 0. The fourth-order valence-corrected chi connectivity index (χ4v) is 3.45. The van der Waals surface area contributed by atoms with Crippen LogP contribution in [0.25, 0.3) is 33.6 Å². The molecule has 0 fully saturated rings. The molecule has 2 aromatic carbocycles. The van der Waals surface area contributed by atoms with Crippen LogP contribution in [-0.4, -0.2) is 41.9 Å². The van der Waals surface area contributed by atoms with Crippen molar-refractivity contribution < 1.29 is 18.7 Å². The molecule has 2 heterocycles. The first kappa shape index (κ1) is 16.2. The fourth-order valence-electron chi connectivity index (χ4n) is 3.45. The van der Waals surface area contributed by atoms with Gasteiger partial charge in [-0.25, -0.2) is 4.79 Å². The van der Waals surface area contributed by atoms with E-state index in [9.17, 15) is 9.90 Å². The number of nitrogens with zero attached hydrogens (tertiary/aromatic N) is 4. The highest BCUT2D eigenvalue weighted by atomic mass is 19.3. The van der Waals surface area contributed by atoms with Crippen LogP contribution in [0, 0.1) is 0 Å². The normalized spacial score (nSPS) is 13.9. The van der Waals surface area contributed by atoms with Crippen molar-refractivity contribution in [2.45, 2.75) is 5.92 Å².